The minimum Gasteiger partial charge on any atom is -0.450 e. The highest BCUT2D eigenvalue weighted by atomic mass is 16.6. The Morgan fingerprint density at radius 2 is 2.05 bits per heavy atom. The molecule has 0 fully saturated rings. The number of anilines is 1. The molecule has 22 heavy (non-hydrogen) atoms. The first-order valence-corrected chi connectivity index (χ1v) is 7.22. The van der Waals surface area contributed by atoms with Gasteiger partial charge in [-0.1, -0.05) is 0 Å². The Hall–Kier alpha value is -2.57. The molecule has 0 aliphatic rings. The van der Waals surface area contributed by atoms with Crippen LogP contribution in [0.4, 0.5) is 10.5 Å². The molecule has 2 rings (SSSR count). The quantitative estimate of drug-likeness (QED) is 0.917. The fourth-order valence-electron chi connectivity index (χ4n) is 2.03. The van der Waals surface area contributed by atoms with E-state index in [1.54, 1.807) is 30.0 Å². The molecule has 0 atom stereocenters. The van der Waals surface area contributed by atoms with Gasteiger partial charge in [0.25, 0.3) is 0 Å². The van der Waals surface area contributed by atoms with E-state index in [0.717, 1.165) is 0 Å². The van der Waals surface area contributed by atoms with Crippen molar-refractivity contribution in [3.8, 4) is 6.08 Å². The van der Waals surface area contributed by atoms with E-state index in [0.29, 0.717) is 36.3 Å². The number of amides is 2. The smallest absolute Gasteiger partial charge is 0.397 e. The summed E-state index contributed by atoms with van der Waals surface area (Å²) >= 11 is 0. The molecule has 1 aromatic carbocycles. The third-order valence-corrected chi connectivity index (χ3v) is 3.18. The molecule has 2 aromatic rings. The number of nitrogens with zero attached hydrogens (tertiary/aromatic N) is 2. The van der Waals surface area contributed by atoms with Crippen molar-refractivity contribution in [1.29, 1.82) is 0 Å². The molecule has 0 radical (unpaired) electrons. The largest absolute Gasteiger partial charge is 0.450 e. The lowest BCUT2D eigenvalue weighted by atomic mass is 10.2. The summed E-state index contributed by atoms with van der Waals surface area (Å²) in [6.07, 6.45) is -0.0766. The Balaban J connectivity index is 2.33. The van der Waals surface area contributed by atoms with Crippen LogP contribution in [0.2, 0.25) is 0 Å². The Morgan fingerprint density at radius 1 is 1.32 bits per heavy atom. The number of fused-ring (bicyclic) bond motifs is 1. The highest BCUT2D eigenvalue weighted by molar-refractivity contribution is 5.92. The number of benzene rings is 1. The Labute approximate surface area is 127 Å². The van der Waals surface area contributed by atoms with E-state index >= 15 is 0 Å². The van der Waals surface area contributed by atoms with Gasteiger partial charge in [-0.05, 0) is 39.0 Å². The summed E-state index contributed by atoms with van der Waals surface area (Å²) < 4.78 is 10.1. The number of ether oxygens (including phenoxy) is 1. The van der Waals surface area contributed by atoms with E-state index in [2.05, 4.69) is 10.3 Å². The minimum absolute atomic E-state index is 0.0766. The topological polar surface area (TPSA) is 84.7 Å². The van der Waals surface area contributed by atoms with Gasteiger partial charge >= 0.3 is 17.7 Å². The van der Waals surface area contributed by atoms with Gasteiger partial charge < -0.3 is 19.4 Å². The minimum atomic E-state index is -0.518. The van der Waals surface area contributed by atoms with Crippen molar-refractivity contribution in [2.45, 2.75) is 20.8 Å². The van der Waals surface area contributed by atoms with Crippen LogP contribution in [0.1, 0.15) is 20.8 Å². The lowest BCUT2D eigenvalue weighted by Crippen LogP contribution is -2.34. The van der Waals surface area contributed by atoms with Gasteiger partial charge in [0.15, 0.2) is 0 Å². The molecular formula is C15H19N3O4. The second-order valence-electron chi connectivity index (χ2n) is 4.53. The summed E-state index contributed by atoms with van der Waals surface area (Å²) in [5, 5.41) is 3.12. The average Bonchev–Trinajstić information content (AvgIpc) is 2.48. The molecule has 0 bridgehead atoms. The number of hydrogen-bond acceptors (Lipinski definition) is 5. The van der Waals surface area contributed by atoms with Crippen molar-refractivity contribution >= 4 is 22.6 Å². The van der Waals surface area contributed by atoms with Gasteiger partial charge in [0, 0.05) is 18.8 Å². The van der Waals surface area contributed by atoms with E-state index in [-0.39, 0.29) is 12.1 Å². The Morgan fingerprint density at radius 3 is 2.68 bits per heavy atom. The summed E-state index contributed by atoms with van der Waals surface area (Å²) in [5.41, 5.74) is 0.456. The molecule has 7 nitrogen and oxygen atoms in total. The molecule has 1 N–H and O–H groups in total. The number of hydrogen-bond donors (Lipinski definition) is 1. The SMILES string of the molecule is CCOc1nc2cc(NC(=O)N(CC)CC)ccc2c(=O)o1. The maximum Gasteiger partial charge on any atom is 0.397 e. The van der Waals surface area contributed by atoms with E-state index in [4.69, 9.17) is 9.15 Å². The zero-order valence-corrected chi connectivity index (χ0v) is 12.9. The van der Waals surface area contributed by atoms with Crippen LogP contribution in [-0.2, 0) is 0 Å². The predicted molar refractivity (Wildman–Crippen MR) is 83.4 cm³/mol. The third kappa shape index (κ3) is 3.36. The van der Waals surface area contributed by atoms with E-state index in [1.807, 2.05) is 13.8 Å². The summed E-state index contributed by atoms with van der Waals surface area (Å²) in [6.45, 7) is 7.17. The lowest BCUT2D eigenvalue weighted by Gasteiger charge is -2.19. The number of aromatic nitrogens is 1. The van der Waals surface area contributed by atoms with Crippen molar-refractivity contribution in [1.82, 2.24) is 9.88 Å². The molecule has 2 amide bonds. The molecule has 0 aliphatic heterocycles. The van der Waals surface area contributed by atoms with Crippen molar-refractivity contribution in [3.05, 3.63) is 28.6 Å². The summed E-state index contributed by atoms with van der Waals surface area (Å²) in [4.78, 5) is 29.6. The fraction of sp³-hybridized carbons (Fsp3) is 0.400. The molecule has 118 valence electrons. The normalized spacial score (nSPS) is 10.5. The van der Waals surface area contributed by atoms with Crippen LogP contribution >= 0.6 is 0 Å². The average molecular weight is 305 g/mol. The van der Waals surface area contributed by atoms with Gasteiger partial charge in [-0.3, -0.25) is 0 Å². The van der Waals surface area contributed by atoms with Crippen LogP contribution < -0.4 is 15.7 Å². The van der Waals surface area contributed by atoms with Crippen LogP contribution in [0.15, 0.2) is 27.4 Å². The van der Waals surface area contributed by atoms with Crippen LogP contribution in [0.5, 0.6) is 6.08 Å². The first-order chi connectivity index (χ1) is 10.6. The predicted octanol–water partition coefficient (Wildman–Crippen LogP) is 2.46. The second-order valence-corrected chi connectivity index (χ2v) is 4.53. The van der Waals surface area contributed by atoms with Crippen LogP contribution in [0, 0.1) is 0 Å². The first-order valence-electron chi connectivity index (χ1n) is 7.22. The zero-order valence-electron chi connectivity index (χ0n) is 12.9. The van der Waals surface area contributed by atoms with E-state index in [9.17, 15) is 9.59 Å². The maximum atomic E-state index is 12.0. The highest BCUT2D eigenvalue weighted by Gasteiger charge is 2.12. The van der Waals surface area contributed by atoms with Crippen molar-refractivity contribution in [2.75, 3.05) is 25.0 Å². The standard InChI is InChI=1S/C15H19N3O4/c1-4-18(5-2)14(20)16-10-7-8-11-12(9-10)17-15(21-6-3)22-13(11)19/h7-9H,4-6H2,1-3H3,(H,16,20). The first kappa shape index (κ1) is 15.8. The van der Waals surface area contributed by atoms with Crippen molar-refractivity contribution < 1.29 is 13.9 Å². The van der Waals surface area contributed by atoms with Gasteiger partial charge in [-0.25, -0.2) is 9.59 Å². The van der Waals surface area contributed by atoms with Crippen LogP contribution in [-0.4, -0.2) is 35.6 Å². The van der Waals surface area contributed by atoms with Crippen LogP contribution in [0.3, 0.4) is 0 Å². The summed E-state index contributed by atoms with van der Waals surface area (Å²) in [7, 11) is 0. The lowest BCUT2D eigenvalue weighted by molar-refractivity contribution is 0.217. The van der Waals surface area contributed by atoms with E-state index < -0.39 is 5.63 Å². The molecule has 0 saturated heterocycles. The van der Waals surface area contributed by atoms with Gasteiger partial charge in [-0.15, -0.1) is 0 Å². The number of urea groups is 1. The molecule has 0 saturated carbocycles. The molecular weight excluding hydrogens is 286 g/mol. The number of nitrogens with one attached hydrogen (secondary N) is 1. The number of rotatable bonds is 5. The molecule has 0 unspecified atom stereocenters. The zero-order chi connectivity index (χ0) is 16.1. The Bertz CT molecular complexity index is 722. The van der Waals surface area contributed by atoms with Gasteiger partial charge in [-0.2, -0.15) is 4.98 Å². The summed E-state index contributed by atoms with van der Waals surface area (Å²) in [5.74, 6) is 0. The monoisotopic (exact) mass is 305 g/mol. The van der Waals surface area contributed by atoms with Crippen molar-refractivity contribution in [3.63, 3.8) is 0 Å². The summed E-state index contributed by atoms with van der Waals surface area (Å²) in [6, 6.07) is 4.64. The molecule has 1 heterocycles. The molecule has 0 spiro atoms. The fourth-order valence-corrected chi connectivity index (χ4v) is 2.03. The van der Waals surface area contributed by atoms with Gasteiger partial charge in [0.1, 0.15) is 0 Å². The Kier molecular flexibility index (Phi) is 4.98. The maximum absolute atomic E-state index is 12.0. The van der Waals surface area contributed by atoms with Gasteiger partial charge in [0.05, 0.1) is 17.5 Å². The van der Waals surface area contributed by atoms with Gasteiger partial charge in [0.2, 0.25) is 0 Å². The second kappa shape index (κ2) is 6.93. The van der Waals surface area contributed by atoms with Crippen molar-refractivity contribution in [2.24, 2.45) is 0 Å². The third-order valence-electron chi connectivity index (χ3n) is 3.18. The molecule has 0 aliphatic carbocycles. The molecule has 1 aromatic heterocycles. The molecule has 7 heteroatoms. The number of carbonyl (C=O) groups is 1. The van der Waals surface area contributed by atoms with Crippen LogP contribution in [0.25, 0.3) is 10.9 Å². The highest BCUT2D eigenvalue weighted by Crippen LogP contribution is 2.18. The number of carbonyl (C=O) groups excluding carboxylic acids is 1. The van der Waals surface area contributed by atoms with E-state index in [1.165, 1.54) is 0 Å².